The molecule has 0 unspecified atom stereocenters. The van der Waals surface area contributed by atoms with Gasteiger partial charge in [0.15, 0.2) is 0 Å². The fraction of sp³-hybridized carbons (Fsp3) is 0.200. The van der Waals surface area contributed by atoms with Crippen LogP contribution >= 0.6 is 0 Å². The molecular formula is C15H11F2N3O3S. The van der Waals surface area contributed by atoms with Crippen molar-refractivity contribution in [1.82, 2.24) is 9.29 Å². The SMILES string of the molecule is N#Cc1ccnc(OC2CN(S(=O)(=O)c3cc(F)cc(F)c3)C2)c1. The van der Waals surface area contributed by atoms with E-state index < -0.39 is 32.7 Å². The van der Waals surface area contributed by atoms with Gasteiger partial charge in [0, 0.05) is 18.3 Å². The van der Waals surface area contributed by atoms with E-state index in [-0.39, 0.29) is 19.0 Å². The molecule has 0 amide bonds. The van der Waals surface area contributed by atoms with Crippen molar-refractivity contribution >= 4 is 10.0 Å². The Morgan fingerprint density at radius 1 is 1.21 bits per heavy atom. The zero-order valence-electron chi connectivity index (χ0n) is 12.2. The maximum Gasteiger partial charge on any atom is 0.243 e. The van der Waals surface area contributed by atoms with Gasteiger partial charge in [-0.2, -0.15) is 9.57 Å². The Morgan fingerprint density at radius 3 is 2.50 bits per heavy atom. The first-order valence-corrected chi connectivity index (χ1v) is 8.31. The number of nitriles is 1. The number of hydrogen-bond acceptors (Lipinski definition) is 5. The van der Waals surface area contributed by atoms with Gasteiger partial charge in [0.05, 0.1) is 29.6 Å². The first-order valence-electron chi connectivity index (χ1n) is 6.87. The van der Waals surface area contributed by atoms with Crippen LogP contribution in [-0.2, 0) is 10.0 Å². The van der Waals surface area contributed by atoms with Crippen LogP contribution in [-0.4, -0.2) is 36.9 Å². The van der Waals surface area contributed by atoms with Crippen LogP contribution in [0, 0.1) is 23.0 Å². The molecule has 1 aliphatic heterocycles. The molecule has 3 rings (SSSR count). The second-order valence-electron chi connectivity index (χ2n) is 5.16. The normalized spacial score (nSPS) is 15.5. The fourth-order valence-corrected chi connectivity index (χ4v) is 3.76. The maximum atomic E-state index is 13.2. The Kier molecular flexibility index (Phi) is 4.17. The molecule has 1 aromatic carbocycles. The number of halogens is 2. The molecule has 1 fully saturated rings. The van der Waals surface area contributed by atoms with E-state index in [1.165, 1.54) is 18.3 Å². The first-order chi connectivity index (χ1) is 11.4. The summed E-state index contributed by atoms with van der Waals surface area (Å²) in [5.41, 5.74) is 0.374. The molecule has 0 aliphatic carbocycles. The highest BCUT2D eigenvalue weighted by Crippen LogP contribution is 2.25. The number of rotatable bonds is 4. The van der Waals surface area contributed by atoms with Crippen LogP contribution in [0.1, 0.15) is 5.56 Å². The topological polar surface area (TPSA) is 83.3 Å². The van der Waals surface area contributed by atoms with Crippen molar-refractivity contribution in [2.45, 2.75) is 11.0 Å². The Bertz CT molecular complexity index is 902. The van der Waals surface area contributed by atoms with Gasteiger partial charge in [-0.05, 0) is 18.2 Å². The fourth-order valence-electron chi connectivity index (χ4n) is 2.21. The number of nitrogens with zero attached hydrogens (tertiary/aromatic N) is 3. The number of benzene rings is 1. The average molecular weight is 351 g/mol. The molecule has 0 N–H and O–H groups in total. The number of aromatic nitrogens is 1. The smallest absolute Gasteiger partial charge is 0.243 e. The lowest BCUT2D eigenvalue weighted by Gasteiger charge is -2.37. The third-order valence-corrected chi connectivity index (χ3v) is 5.25. The van der Waals surface area contributed by atoms with Gasteiger partial charge in [-0.25, -0.2) is 22.2 Å². The quantitative estimate of drug-likeness (QED) is 0.837. The third kappa shape index (κ3) is 3.20. The van der Waals surface area contributed by atoms with E-state index in [9.17, 15) is 17.2 Å². The van der Waals surface area contributed by atoms with E-state index in [0.29, 0.717) is 11.6 Å². The van der Waals surface area contributed by atoms with Crippen LogP contribution in [0.25, 0.3) is 0 Å². The van der Waals surface area contributed by atoms with Gasteiger partial charge in [0.1, 0.15) is 17.7 Å². The molecule has 1 aromatic heterocycles. The van der Waals surface area contributed by atoms with Gasteiger partial charge in [-0.3, -0.25) is 0 Å². The van der Waals surface area contributed by atoms with Crippen molar-refractivity contribution in [1.29, 1.82) is 5.26 Å². The van der Waals surface area contributed by atoms with Gasteiger partial charge in [-0.15, -0.1) is 0 Å². The van der Waals surface area contributed by atoms with Crippen molar-refractivity contribution in [3.05, 3.63) is 53.7 Å². The summed E-state index contributed by atoms with van der Waals surface area (Å²) in [7, 11) is -3.98. The summed E-state index contributed by atoms with van der Waals surface area (Å²) >= 11 is 0. The van der Waals surface area contributed by atoms with E-state index in [1.807, 2.05) is 6.07 Å². The molecule has 2 aromatic rings. The Hall–Kier alpha value is -2.57. The summed E-state index contributed by atoms with van der Waals surface area (Å²) in [6.07, 6.45) is 0.968. The van der Waals surface area contributed by atoms with Crippen LogP contribution < -0.4 is 4.74 Å². The lowest BCUT2D eigenvalue weighted by Crippen LogP contribution is -2.56. The number of sulfonamides is 1. The summed E-state index contributed by atoms with van der Waals surface area (Å²) in [6, 6.07) is 7.05. The molecule has 1 saturated heterocycles. The van der Waals surface area contributed by atoms with Gasteiger partial charge >= 0.3 is 0 Å². The van der Waals surface area contributed by atoms with E-state index in [2.05, 4.69) is 4.98 Å². The van der Waals surface area contributed by atoms with Crippen molar-refractivity contribution in [2.75, 3.05) is 13.1 Å². The minimum absolute atomic E-state index is 0.0267. The molecule has 0 atom stereocenters. The van der Waals surface area contributed by atoms with Gasteiger partial charge in [0.2, 0.25) is 15.9 Å². The summed E-state index contributed by atoms with van der Waals surface area (Å²) < 4.78 is 57.5. The van der Waals surface area contributed by atoms with Crippen LogP contribution in [0.15, 0.2) is 41.4 Å². The molecule has 2 heterocycles. The molecule has 0 saturated carbocycles. The van der Waals surface area contributed by atoms with Gasteiger partial charge in [-0.1, -0.05) is 0 Å². The second kappa shape index (κ2) is 6.14. The average Bonchev–Trinajstić information content (AvgIpc) is 2.49. The lowest BCUT2D eigenvalue weighted by molar-refractivity contribution is 0.0720. The minimum atomic E-state index is -3.98. The largest absolute Gasteiger partial charge is 0.471 e. The number of pyridine rings is 1. The highest BCUT2D eigenvalue weighted by Gasteiger charge is 2.38. The molecule has 9 heteroatoms. The summed E-state index contributed by atoms with van der Waals surface area (Å²) in [6.45, 7) is 0.0534. The summed E-state index contributed by atoms with van der Waals surface area (Å²) in [5.74, 6) is -1.70. The molecule has 1 aliphatic rings. The predicted molar refractivity (Wildman–Crippen MR) is 78.5 cm³/mol. The highest BCUT2D eigenvalue weighted by molar-refractivity contribution is 7.89. The Balaban J connectivity index is 1.68. The standard InChI is InChI=1S/C15H11F2N3O3S/c16-11-4-12(17)6-14(5-11)24(21,22)20-8-13(9-20)23-15-3-10(7-18)1-2-19-15/h1-6,13H,8-9H2. The summed E-state index contributed by atoms with van der Waals surface area (Å²) in [4.78, 5) is 3.50. The van der Waals surface area contributed by atoms with Crippen LogP contribution in [0.3, 0.4) is 0 Å². The maximum absolute atomic E-state index is 13.2. The predicted octanol–water partition coefficient (Wildman–Crippen LogP) is 1.68. The third-order valence-electron chi connectivity index (χ3n) is 3.44. The molecule has 24 heavy (non-hydrogen) atoms. The molecule has 0 radical (unpaired) electrons. The van der Waals surface area contributed by atoms with Crippen LogP contribution in [0.4, 0.5) is 8.78 Å². The molecular weight excluding hydrogens is 340 g/mol. The molecule has 0 bridgehead atoms. The second-order valence-corrected chi connectivity index (χ2v) is 7.10. The Morgan fingerprint density at radius 2 is 1.88 bits per heavy atom. The first kappa shape index (κ1) is 16.3. The van der Waals surface area contributed by atoms with Crippen molar-refractivity contribution < 1.29 is 21.9 Å². The van der Waals surface area contributed by atoms with Crippen molar-refractivity contribution in [3.63, 3.8) is 0 Å². The number of ether oxygens (including phenoxy) is 1. The van der Waals surface area contributed by atoms with E-state index in [4.69, 9.17) is 10.00 Å². The van der Waals surface area contributed by atoms with Crippen molar-refractivity contribution in [3.8, 4) is 11.9 Å². The van der Waals surface area contributed by atoms with E-state index >= 15 is 0 Å². The van der Waals surface area contributed by atoms with Crippen molar-refractivity contribution in [2.24, 2.45) is 0 Å². The summed E-state index contributed by atoms with van der Waals surface area (Å²) in [5, 5.41) is 8.80. The number of hydrogen-bond donors (Lipinski definition) is 0. The minimum Gasteiger partial charge on any atom is -0.471 e. The van der Waals surface area contributed by atoms with Gasteiger partial charge in [0.25, 0.3) is 0 Å². The van der Waals surface area contributed by atoms with Crippen LogP contribution in [0.5, 0.6) is 5.88 Å². The highest BCUT2D eigenvalue weighted by atomic mass is 32.2. The molecule has 6 nitrogen and oxygen atoms in total. The van der Waals surface area contributed by atoms with E-state index in [1.54, 1.807) is 0 Å². The van der Waals surface area contributed by atoms with Gasteiger partial charge < -0.3 is 4.74 Å². The van der Waals surface area contributed by atoms with Crippen LogP contribution in [0.2, 0.25) is 0 Å². The Labute approximate surface area is 137 Å². The molecule has 0 spiro atoms. The zero-order valence-corrected chi connectivity index (χ0v) is 13.0. The van der Waals surface area contributed by atoms with E-state index in [0.717, 1.165) is 16.4 Å². The zero-order chi connectivity index (χ0) is 17.3. The monoisotopic (exact) mass is 351 g/mol. The molecule has 124 valence electrons. The lowest BCUT2D eigenvalue weighted by atomic mass is 10.2.